The van der Waals surface area contributed by atoms with Crippen LogP contribution in [-0.2, 0) is 0 Å². The maximum Gasteiger partial charge on any atom is 0.280 e. The highest BCUT2D eigenvalue weighted by molar-refractivity contribution is 6.09. The van der Waals surface area contributed by atoms with Crippen molar-refractivity contribution in [3.8, 4) is 23.0 Å². The van der Waals surface area contributed by atoms with Gasteiger partial charge in [0.15, 0.2) is 17.3 Å². The van der Waals surface area contributed by atoms with Crippen LogP contribution in [0.2, 0.25) is 0 Å². The number of nitrogens with zero attached hydrogens (tertiary/aromatic N) is 1. The number of nitro benzene ring substituents is 1. The molecule has 0 aliphatic carbocycles. The Bertz CT molecular complexity index is 890. The molecule has 2 aromatic carbocycles. The number of hydrogen-bond acceptors (Lipinski definition) is 7. The van der Waals surface area contributed by atoms with Crippen molar-refractivity contribution in [2.45, 2.75) is 0 Å². The van der Waals surface area contributed by atoms with Crippen LogP contribution >= 0.6 is 0 Å². The van der Waals surface area contributed by atoms with Crippen LogP contribution in [0.4, 0.5) is 5.69 Å². The summed E-state index contributed by atoms with van der Waals surface area (Å²) in [4.78, 5) is 23.4. The van der Waals surface area contributed by atoms with Crippen LogP contribution in [0, 0.1) is 10.1 Å². The molecule has 0 heterocycles. The Balaban J connectivity index is 2.45. The van der Waals surface area contributed by atoms with E-state index in [1.165, 1.54) is 58.8 Å². The molecule has 27 heavy (non-hydrogen) atoms. The molecule has 0 aliphatic rings. The molecule has 0 spiro atoms. The van der Waals surface area contributed by atoms with Gasteiger partial charge in [-0.3, -0.25) is 14.9 Å². The van der Waals surface area contributed by atoms with Gasteiger partial charge in [-0.05, 0) is 36.4 Å². The monoisotopic (exact) mass is 373 g/mol. The first-order valence-corrected chi connectivity index (χ1v) is 7.80. The minimum absolute atomic E-state index is 0.202. The molecule has 0 aromatic heterocycles. The summed E-state index contributed by atoms with van der Waals surface area (Å²) in [5.41, 5.74) is 0.262. The highest BCUT2D eigenvalue weighted by Gasteiger charge is 2.18. The molecule has 0 unspecified atom stereocenters. The fourth-order valence-corrected chi connectivity index (χ4v) is 2.44. The number of ketones is 1. The van der Waals surface area contributed by atoms with E-state index in [4.69, 9.17) is 18.9 Å². The summed E-state index contributed by atoms with van der Waals surface area (Å²) in [6.45, 7) is 0. The van der Waals surface area contributed by atoms with E-state index in [0.717, 1.165) is 0 Å². The van der Waals surface area contributed by atoms with Gasteiger partial charge in [0.05, 0.1) is 50.6 Å². The largest absolute Gasteiger partial charge is 0.497 e. The Morgan fingerprint density at radius 2 is 1.56 bits per heavy atom. The zero-order chi connectivity index (χ0) is 20.0. The highest BCUT2D eigenvalue weighted by atomic mass is 16.6. The second-order valence-electron chi connectivity index (χ2n) is 5.29. The quantitative estimate of drug-likeness (QED) is 0.302. The highest BCUT2D eigenvalue weighted by Crippen LogP contribution is 2.35. The second kappa shape index (κ2) is 8.70. The minimum Gasteiger partial charge on any atom is -0.497 e. The summed E-state index contributed by atoms with van der Waals surface area (Å²) in [6, 6.07) is 7.49. The number of methoxy groups -OCH3 is 4. The molecular formula is C19H19NO7. The van der Waals surface area contributed by atoms with E-state index in [-0.39, 0.29) is 22.6 Å². The Kier molecular flexibility index (Phi) is 6.37. The fourth-order valence-electron chi connectivity index (χ4n) is 2.44. The summed E-state index contributed by atoms with van der Waals surface area (Å²) in [5.74, 6) is 1.00. The molecule has 142 valence electrons. The summed E-state index contributed by atoms with van der Waals surface area (Å²) >= 11 is 0. The number of benzene rings is 2. The van der Waals surface area contributed by atoms with E-state index in [0.29, 0.717) is 17.2 Å². The average molecular weight is 373 g/mol. The van der Waals surface area contributed by atoms with Crippen LogP contribution in [0.3, 0.4) is 0 Å². The van der Waals surface area contributed by atoms with Crippen molar-refractivity contribution in [1.82, 2.24) is 0 Å². The van der Waals surface area contributed by atoms with Gasteiger partial charge in [0.1, 0.15) is 11.5 Å². The van der Waals surface area contributed by atoms with Crippen molar-refractivity contribution >= 4 is 17.5 Å². The molecule has 0 bridgehead atoms. The number of ether oxygens (including phenoxy) is 4. The van der Waals surface area contributed by atoms with Crippen molar-refractivity contribution in [3.63, 3.8) is 0 Å². The first-order chi connectivity index (χ1) is 12.9. The molecule has 8 nitrogen and oxygen atoms in total. The lowest BCUT2D eigenvalue weighted by Crippen LogP contribution is -2.00. The Hall–Kier alpha value is -3.55. The zero-order valence-corrected chi connectivity index (χ0v) is 15.3. The van der Waals surface area contributed by atoms with Gasteiger partial charge in [-0.25, -0.2) is 0 Å². The first-order valence-electron chi connectivity index (χ1n) is 7.80. The molecule has 0 fully saturated rings. The number of rotatable bonds is 8. The maximum absolute atomic E-state index is 12.6. The maximum atomic E-state index is 12.6. The van der Waals surface area contributed by atoms with Crippen LogP contribution in [0.15, 0.2) is 36.4 Å². The summed E-state index contributed by atoms with van der Waals surface area (Å²) in [7, 11) is 5.74. The third-order valence-corrected chi connectivity index (χ3v) is 3.82. The van der Waals surface area contributed by atoms with Crippen molar-refractivity contribution in [1.29, 1.82) is 0 Å². The van der Waals surface area contributed by atoms with Crippen LogP contribution in [0.25, 0.3) is 6.08 Å². The molecular weight excluding hydrogens is 354 g/mol. The Morgan fingerprint density at radius 3 is 2.11 bits per heavy atom. The lowest BCUT2D eigenvalue weighted by molar-refractivity contribution is -0.385. The molecule has 0 amide bonds. The molecule has 0 saturated heterocycles. The second-order valence-corrected chi connectivity index (χ2v) is 5.29. The number of carbonyl (C=O) groups is 1. The normalized spacial score (nSPS) is 10.5. The third kappa shape index (κ3) is 4.35. The molecule has 0 atom stereocenters. The van der Waals surface area contributed by atoms with Gasteiger partial charge in [-0.15, -0.1) is 0 Å². The van der Waals surface area contributed by atoms with Crippen LogP contribution in [0.5, 0.6) is 23.0 Å². The number of carbonyl (C=O) groups excluding carboxylic acids is 1. The molecule has 0 aliphatic heterocycles. The Labute approximate surface area is 156 Å². The van der Waals surface area contributed by atoms with E-state index in [1.807, 2.05) is 0 Å². The van der Waals surface area contributed by atoms with Crippen molar-refractivity contribution in [3.05, 3.63) is 57.6 Å². The van der Waals surface area contributed by atoms with Gasteiger partial charge in [-0.1, -0.05) is 0 Å². The molecule has 0 N–H and O–H groups in total. The van der Waals surface area contributed by atoms with Gasteiger partial charge < -0.3 is 18.9 Å². The molecule has 2 aromatic rings. The third-order valence-electron chi connectivity index (χ3n) is 3.82. The minimum atomic E-state index is -0.557. The lowest BCUT2D eigenvalue weighted by Gasteiger charge is -2.09. The van der Waals surface area contributed by atoms with Crippen molar-refractivity contribution in [2.24, 2.45) is 0 Å². The SMILES string of the molecule is COc1ccc(OC)c(C(=O)C=Cc2cc(OC)c(OC)cc2[N+](=O)[O-])c1. The lowest BCUT2D eigenvalue weighted by atomic mass is 10.1. The summed E-state index contributed by atoms with van der Waals surface area (Å²) in [6.07, 6.45) is 2.58. The number of nitro groups is 1. The van der Waals surface area contributed by atoms with Crippen molar-refractivity contribution < 1.29 is 28.7 Å². The van der Waals surface area contributed by atoms with Crippen LogP contribution in [0.1, 0.15) is 15.9 Å². The van der Waals surface area contributed by atoms with Gasteiger partial charge in [-0.2, -0.15) is 0 Å². The zero-order valence-electron chi connectivity index (χ0n) is 15.3. The molecule has 0 saturated carbocycles. The predicted octanol–water partition coefficient (Wildman–Crippen LogP) is 3.53. The van der Waals surface area contributed by atoms with E-state index in [2.05, 4.69) is 0 Å². The summed E-state index contributed by atoms with van der Waals surface area (Å²) < 4.78 is 20.6. The summed E-state index contributed by atoms with van der Waals surface area (Å²) in [5, 5.41) is 11.3. The van der Waals surface area contributed by atoms with E-state index < -0.39 is 10.7 Å². The topological polar surface area (TPSA) is 97.1 Å². The van der Waals surface area contributed by atoms with Gasteiger partial charge in [0.2, 0.25) is 0 Å². The molecule has 0 radical (unpaired) electrons. The van der Waals surface area contributed by atoms with E-state index in [1.54, 1.807) is 12.1 Å². The van der Waals surface area contributed by atoms with Gasteiger partial charge in [0.25, 0.3) is 5.69 Å². The standard InChI is InChI=1S/C19H19NO7/c1-24-13-6-8-17(25-2)14(10-13)16(21)7-5-12-9-18(26-3)19(27-4)11-15(12)20(22)23/h5-11H,1-4H3. The van der Waals surface area contributed by atoms with Crippen LogP contribution < -0.4 is 18.9 Å². The van der Waals surface area contributed by atoms with E-state index >= 15 is 0 Å². The van der Waals surface area contributed by atoms with Gasteiger partial charge in [0, 0.05) is 0 Å². The molecule has 8 heteroatoms. The Morgan fingerprint density at radius 1 is 0.926 bits per heavy atom. The van der Waals surface area contributed by atoms with E-state index in [9.17, 15) is 14.9 Å². The van der Waals surface area contributed by atoms with Gasteiger partial charge >= 0.3 is 0 Å². The first kappa shape index (κ1) is 19.8. The molecule has 2 rings (SSSR count). The van der Waals surface area contributed by atoms with Crippen molar-refractivity contribution in [2.75, 3.05) is 28.4 Å². The average Bonchev–Trinajstić information content (AvgIpc) is 2.70. The number of allylic oxidation sites excluding steroid dienone is 1. The van der Waals surface area contributed by atoms with Crippen LogP contribution in [-0.4, -0.2) is 39.1 Å². The fraction of sp³-hybridized carbons (Fsp3) is 0.211. The smallest absolute Gasteiger partial charge is 0.280 e. The predicted molar refractivity (Wildman–Crippen MR) is 99.1 cm³/mol. The number of hydrogen-bond donors (Lipinski definition) is 0.